The van der Waals surface area contributed by atoms with Gasteiger partial charge in [-0.25, -0.2) is 8.42 Å². The van der Waals surface area contributed by atoms with Gasteiger partial charge in [0.1, 0.15) is 9.96 Å². The molecule has 6 nitrogen and oxygen atoms in total. The molecule has 0 bridgehead atoms. The van der Waals surface area contributed by atoms with Crippen LogP contribution in [0.4, 0.5) is 5.69 Å². The Labute approximate surface area is 186 Å². The lowest BCUT2D eigenvalue weighted by atomic mass is 10.0. The normalized spacial score (nSPS) is 14.1. The van der Waals surface area contributed by atoms with E-state index in [-0.39, 0.29) is 19.1 Å². The Hall–Kier alpha value is -2.68. The molecule has 2 heterocycles. The first kappa shape index (κ1) is 21.5. The molecular formula is C23H24N2O4S2. The number of carbonyl (C=O) groups is 1. The Balaban J connectivity index is 1.43. The summed E-state index contributed by atoms with van der Waals surface area (Å²) in [4.78, 5) is 12.4. The molecule has 31 heavy (non-hydrogen) atoms. The minimum absolute atomic E-state index is 0.0956. The van der Waals surface area contributed by atoms with E-state index in [1.807, 2.05) is 50.2 Å². The maximum atomic E-state index is 12.8. The number of rotatable bonds is 6. The van der Waals surface area contributed by atoms with Crippen molar-refractivity contribution in [1.82, 2.24) is 4.31 Å². The van der Waals surface area contributed by atoms with Crippen molar-refractivity contribution in [3.63, 3.8) is 0 Å². The summed E-state index contributed by atoms with van der Waals surface area (Å²) in [5, 5.41) is 4.62. The number of amides is 1. The summed E-state index contributed by atoms with van der Waals surface area (Å²) in [5.41, 5.74) is 4.59. The molecule has 0 saturated heterocycles. The molecule has 0 saturated carbocycles. The van der Waals surface area contributed by atoms with Crippen LogP contribution in [0.15, 0.2) is 58.1 Å². The summed E-state index contributed by atoms with van der Waals surface area (Å²) < 4.78 is 33.3. The van der Waals surface area contributed by atoms with Gasteiger partial charge in [-0.3, -0.25) is 4.79 Å². The van der Waals surface area contributed by atoms with Gasteiger partial charge in [0.05, 0.1) is 0 Å². The highest BCUT2D eigenvalue weighted by Crippen LogP contribution is 2.29. The van der Waals surface area contributed by atoms with Gasteiger partial charge >= 0.3 is 0 Å². The summed E-state index contributed by atoms with van der Waals surface area (Å²) in [7, 11) is -3.50. The largest absolute Gasteiger partial charge is 0.483 e. The number of carbonyl (C=O) groups excluding carboxylic acids is 1. The summed E-state index contributed by atoms with van der Waals surface area (Å²) in [6.07, 6.45) is 0.643. The molecule has 0 spiro atoms. The van der Waals surface area contributed by atoms with Crippen molar-refractivity contribution in [2.75, 3.05) is 18.5 Å². The molecule has 0 fully saturated rings. The van der Waals surface area contributed by atoms with E-state index in [1.165, 1.54) is 15.6 Å². The van der Waals surface area contributed by atoms with E-state index >= 15 is 0 Å². The fourth-order valence-corrected chi connectivity index (χ4v) is 6.28. The number of sulfonamides is 1. The SMILES string of the molecule is Cc1cccc(C)c1OCC(=O)Nc1ccc2c(c1)CN(S(=O)(=O)c1cccs1)CC2. The van der Waals surface area contributed by atoms with Gasteiger partial charge < -0.3 is 10.1 Å². The van der Waals surface area contributed by atoms with E-state index in [9.17, 15) is 13.2 Å². The second kappa shape index (κ2) is 8.82. The third kappa shape index (κ3) is 4.66. The average Bonchev–Trinajstić information content (AvgIpc) is 3.29. The number of para-hydroxylation sites is 1. The Morgan fingerprint density at radius 3 is 2.58 bits per heavy atom. The number of aryl methyl sites for hydroxylation is 2. The van der Waals surface area contributed by atoms with E-state index < -0.39 is 10.0 Å². The number of hydrogen-bond acceptors (Lipinski definition) is 5. The minimum Gasteiger partial charge on any atom is -0.483 e. The molecule has 0 radical (unpaired) electrons. The van der Waals surface area contributed by atoms with Crippen LogP contribution >= 0.6 is 11.3 Å². The molecular weight excluding hydrogens is 432 g/mol. The van der Waals surface area contributed by atoms with Gasteiger partial charge in [0.15, 0.2) is 6.61 Å². The molecule has 1 amide bonds. The number of anilines is 1. The molecule has 0 unspecified atom stereocenters. The third-order valence-corrected chi connectivity index (χ3v) is 8.53. The number of hydrogen-bond donors (Lipinski definition) is 1. The highest BCUT2D eigenvalue weighted by atomic mass is 32.2. The highest BCUT2D eigenvalue weighted by molar-refractivity contribution is 7.91. The van der Waals surface area contributed by atoms with E-state index in [1.54, 1.807) is 17.5 Å². The topological polar surface area (TPSA) is 75.7 Å². The molecule has 4 rings (SSSR count). The van der Waals surface area contributed by atoms with E-state index in [4.69, 9.17) is 4.74 Å². The third-order valence-electron chi connectivity index (χ3n) is 5.31. The molecule has 2 aromatic carbocycles. The van der Waals surface area contributed by atoms with Gasteiger partial charge in [0, 0.05) is 18.8 Å². The van der Waals surface area contributed by atoms with Crippen LogP contribution in [0.1, 0.15) is 22.3 Å². The van der Waals surface area contributed by atoms with Gasteiger partial charge in [-0.2, -0.15) is 4.31 Å². The first-order chi connectivity index (χ1) is 14.8. The van der Waals surface area contributed by atoms with Crippen molar-refractivity contribution in [1.29, 1.82) is 0 Å². The molecule has 3 aromatic rings. The Kier molecular flexibility index (Phi) is 6.13. The molecule has 1 aromatic heterocycles. The van der Waals surface area contributed by atoms with Crippen molar-refractivity contribution in [3.05, 3.63) is 76.2 Å². The monoisotopic (exact) mass is 456 g/mol. The van der Waals surface area contributed by atoms with Crippen LogP contribution in [0.25, 0.3) is 0 Å². The number of nitrogens with one attached hydrogen (secondary N) is 1. The molecule has 1 aliphatic heterocycles. The molecule has 0 atom stereocenters. The van der Waals surface area contributed by atoms with E-state index in [0.29, 0.717) is 22.9 Å². The molecule has 1 aliphatic rings. The summed E-state index contributed by atoms with van der Waals surface area (Å²) in [6, 6.07) is 14.9. The molecule has 0 aliphatic carbocycles. The van der Waals surface area contributed by atoms with Crippen LogP contribution in [-0.2, 0) is 27.8 Å². The molecule has 162 valence electrons. The zero-order valence-electron chi connectivity index (χ0n) is 17.4. The number of thiophene rings is 1. The van der Waals surface area contributed by atoms with Crippen molar-refractivity contribution < 1.29 is 17.9 Å². The maximum absolute atomic E-state index is 12.8. The minimum atomic E-state index is -3.50. The van der Waals surface area contributed by atoms with E-state index in [2.05, 4.69) is 5.32 Å². The van der Waals surface area contributed by atoms with Crippen LogP contribution in [0.5, 0.6) is 5.75 Å². The van der Waals surface area contributed by atoms with Crippen LogP contribution in [0.3, 0.4) is 0 Å². The second-order valence-corrected chi connectivity index (χ2v) is 10.7. The average molecular weight is 457 g/mol. The standard InChI is InChI=1S/C23H24N2O4S2/c1-16-5-3-6-17(2)23(16)29-15-21(26)24-20-9-8-18-10-11-25(14-19(18)13-20)31(27,28)22-7-4-12-30-22/h3-9,12-13H,10-11,14-15H2,1-2H3,(H,24,26). The number of nitrogens with zero attached hydrogens (tertiary/aromatic N) is 1. The number of fused-ring (bicyclic) bond motifs is 1. The first-order valence-corrected chi connectivity index (χ1v) is 12.3. The summed E-state index contributed by atoms with van der Waals surface area (Å²) >= 11 is 1.22. The van der Waals surface area contributed by atoms with Crippen LogP contribution in [0, 0.1) is 13.8 Å². The van der Waals surface area contributed by atoms with Crippen molar-refractivity contribution in [2.24, 2.45) is 0 Å². The Morgan fingerprint density at radius 1 is 1.10 bits per heavy atom. The van der Waals surface area contributed by atoms with Gasteiger partial charge in [-0.15, -0.1) is 11.3 Å². The van der Waals surface area contributed by atoms with Crippen LogP contribution in [-0.4, -0.2) is 31.8 Å². The lowest BCUT2D eigenvalue weighted by Crippen LogP contribution is -2.35. The van der Waals surface area contributed by atoms with Crippen molar-refractivity contribution in [3.8, 4) is 5.75 Å². The van der Waals surface area contributed by atoms with Gasteiger partial charge in [-0.05, 0) is 66.1 Å². The van der Waals surface area contributed by atoms with Crippen LogP contribution in [0.2, 0.25) is 0 Å². The smallest absolute Gasteiger partial charge is 0.262 e. The zero-order chi connectivity index (χ0) is 22.0. The predicted octanol–water partition coefficient (Wildman–Crippen LogP) is 4.13. The second-order valence-electron chi connectivity index (χ2n) is 7.56. The van der Waals surface area contributed by atoms with Crippen molar-refractivity contribution in [2.45, 2.75) is 31.0 Å². The van der Waals surface area contributed by atoms with Gasteiger partial charge in [0.2, 0.25) is 0 Å². The van der Waals surface area contributed by atoms with Gasteiger partial charge in [0.25, 0.3) is 15.9 Å². The fourth-order valence-electron chi connectivity index (χ4n) is 3.71. The predicted molar refractivity (Wildman–Crippen MR) is 122 cm³/mol. The summed E-state index contributed by atoms with van der Waals surface area (Å²) in [6.45, 7) is 4.53. The van der Waals surface area contributed by atoms with Crippen molar-refractivity contribution >= 4 is 33.0 Å². The number of ether oxygens (including phenoxy) is 1. The summed E-state index contributed by atoms with van der Waals surface area (Å²) in [5.74, 6) is 0.457. The Bertz CT molecular complexity index is 1180. The lowest BCUT2D eigenvalue weighted by molar-refractivity contribution is -0.118. The van der Waals surface area contributed by atoms with Gasteiger partial charge in [-0.1, -0.05) is 30.3 Å². The molecule has 8 heteroatoms. The first-order valence-electron chi connectivity index (χ1n) is 9.99. The number of benzene rings is 2. The maximum Gasteiger partial charge on any atom is 0.262 e. The highest BCUT2D eigenvalue weighted by Gasteiger charge is 2.29. The fraction of sp³-hybridized carbons (Fsp3) is 0.261. The lowest BCUT2D eigenvalue weighted by Gasteiger charge is -2.28. The van der Waals surface area contributed by atoms with Crippen LogP contribution < -0.4 is 10.1 Å². The zero-order valence-corrected chi connectivity index (χ0v) is 19.1. The Morgan fingerprint density at radius 2 is 1.87 bits per heavy atom. The van der Waals surface area contributed by atoms with E-state index in [0.717, 1.165) is 28.0 Å². The quantitative estimate of drug-likeness (QED) is 0.605. The molecule has 1 N–H and O–H groups in total.